The van der Waals surface area contributed by atoms with Crippen molar-refractivity contribution in [2.75, 3.05) is 5.73 Å². The van der Waals surface area contributed by atoms with Gasteiger partial charge in [-0.25, -0.2) is 9.97 Å². The summed E-state index contributed by atoms with van der Waals surface area (Å²) in [6.45, 7) is 0. The van der Waals surface area contributed by atoms with Crippen LogP contribution in [0.5, 0.6) is 0 Å². The second kappa shape index (κ2) is 2.60. The molecule has 0 fully saturated rings. The van der Waals surface area contributed by atoms with Crippen molar-refractivity contribution >= 4 is 28.3 Å². The monoisotopic (exact) mass is 179 g/mol. The lowest BCUT2D eigenvalue weighted by molar-refractivity contribution is 1.29. The highest BCUT2D eigenvalue weighted by atomic mass is 35.5. The largest absolute Gasteiger partial charge is 0.397 e. The van der Waals surface area contributed by atoms with E-state index in [1.807, 2.05) is 12.1 Å². The molecule has 0 atom stereocenters. The Morgan fingerprint density at radius 1 is 1.33 bits per heavy atom. The number of nitrogens with zero attached hydrogens (tertiary/aromatic N) is 2. The number of nitrogen functional groups attached to an aromatic ring is 1. The zero-order valence-electron chi connectivity index (χ0n) is 6.16. The van der Waals surface area contributed by atoms with Gasteiger partial charge in [0.2, 0.25) is 0 Å². The third kappa shape index (κ3) is 1.19. The summed E-state index contributed by atoms with van der Waals surface area (Å²) < 4.78 is 0. The van der Waals surface area contributed by atoms with Gasteiger partial charge in [-0.2, -0.15) is 0 Å². The summed E-state index contributed by atoms with van der Waals surface area (Å²) in [7, 11) is 0. The van der Waals surface area contributed by atoms with Crippen molar-refractivity contribution in [3.63, 3.8) is 0 Å². The summed E-state index contributed by atoms with van der Waals surface area (Å²) in [5, 5.41) is 1.35. The van der Waals surface area contributed by atoms with E-state index in [0.717, 1.165) is 5.39 Å². The lowest BCUT2D eigenvalue weighted by Crippen LogP contribution is -1.88. The van der Waals surface area contributed by atoms with Gasteiger partial charge in [0.1, 0.15) is 5.15 Å². The van der Waals surface area contributed by atoms with E-state index in [9.17, 15) is 0 Å². The van der Waals surface area contributed by atoms with E-state index in [4.69, 9.17) is 17.3 Å². The van der Waals surface area contributed by atoms with Crippen molar-refractivity contribution in [3.05, 3.63) is 29.5 Å². The Balaban J connectivity index is 2.79. The molecule has 0 bridgehead atoms. The molecular formula is C8H6ClN3. The molecule has 3 nitrogen and oxygen atoms in total. The minimum absolute atomic E-state index is 0.444. The molecule has 0 saturated heterocycles. The third-order valence-corrected chi connectivity index (χ3v) is 1.74. The lowest BCUT2D eigenvalue weighted by atomic mass is 10.3. The number of rotatable bonds is 0. The first-order chi connectivity index (χ1) is 5.75. The van der Waals surface area contributed by atoms with E-state index in [1.54, 1.807) is 12.3 Å². The first kappa shape index (κ1) is 7.31. The molecule has 0 aromatic carbocycles. The van der Waals surface area contributed by atoms with E-state index in [1.165, 1.54) is 0 Å². The molecule has 0 saturated carbocycles. The van der Waals surface area contributed by atoms with E-state index >= 15 is 0 Å². The predicted octanol–water partition coefficient (Wildman–Crippen LogP) is 1.87. The van der Waals surface area contributed by atoms with Gasteiger partial charge in [0.05, 0.1) is 11.9 Å². The van der Waals surface area contributed by atoms with E-state index in [2.05, 4.69) is 9.97 Å². The van der Waals surface area contributed by atoms with Crippen LogP contribution in [-0.4, -0.2) is 9.97 Å². The van der Waals surface area contributed by atoms with Gasteiger partial charge in [-0.15, -0.1) is 0 Å². The topological polar surface area (TPSA) is 51.8 Å². The molecule has 0 unspecified atom stereocenters. The van der Waals surface area contributed by atoms with Crippen LogP contribution in [0.15, 0.2) is 24.4 Å². The molecule has 0 aliphatic rings. The molecule has 2 heterocycles. The Kier molecular flexibility index (Phi) is 1.59. The molecule has 0 aliphatic heterocycles. The Morgan fingerprint density at radius 2 is 2.17 bits per heavy atom. The summed E-state index contributed by atoms with van der Waals surface area (Å²) in [5.41, 5.74) is 6.79. The van der Waals surface area contributed by atoms with Crippen LogP contribution in [-0.2, 0) is 0 Å². The fourth-order valence-corrected chi connectivity index (χ4v) is 1.15. The minimum atomic E-state index is 0.444. The molecule has 2 aromatic rings. The molecule has 2 aromatic heterocycles. The molecule has 2 N–H and O–H groups in total. The van der Waals surface area contributed by atoms with Gasteiger partial charge in [0.25, 0.3) is 0 Å². The highest BCUT2D eigenvalue weighted by molar-refractivity contribution is 6.29. The van der Waals surface area contributed by atoms with Gasteiger partial charge in [-0.05, 0) is 18.2 Å². The lowest BCUT2D eigenvalue weighted by Gasteiger charge is -1.97. The standard InChI is InChI=1S/C8H6ClN3/c9-7-2-1-5-3-6(10)4-11-8(5)12-7/h1-4H,10H2. The second-order valence-electron chi connectivity index (χ2n) is 2.45. The molecule has 0 aliphatic carbocycles. The number of hydrogen-bond donors (Lipinski definition) is 1. The normalized spacial score (nSPS) is 10.4. The molecular weight excluding hydrogens is 174 g/mol. The maximum Gasteiger partial charge on any atom is 0.160 e. The van der Waals surface area contributed by atoms with Gasteiger partial charge < -0.3 is 5.73 Å². The second-order valence-corrected chi connectivity index (χ2v) is 2.84. The molecule has 60 valence electrons. The minimum Gasteiger partial charge on any atom is -0.397 e. The first-order valence-electron chi connectivity index (χ1n) is 3.43. The molecule has 0 amide bonds. The van der Waals surface area contributed by atoms with E-state index in [-0.39, 0.29) is 0 Å². The molecule has 2 rings (SSSR count). The van der Waals surface area contributed by atoms with Gasteiger partial charge in [0.15, 0.2) is 5.65 Å². The highest BCUT2D eigenvalue weighted by Crippen LogP contribution is 2.14. The van der Waals surface area contributed by atoms with Gasteiger partial charge in [-0.3, -0.25) is 0 Å². The van der Waals surface area contributed by atoms with Gasteiger partial charge in [0, 0.05) is 5.39 Å². The predicted molar refractivity (Wildman–Crippen MR) is 49.0 cm³/mol. The molecule has 0 spiro atoms. The average Bonchev–Trinajstić information content (AvgIpc) is 2.05. The Hall–Kier alpha value is -1.35. The average molecular weight is 180 g/mol. The van der Waals surface area contributed by atoms with Crippen LogP contribution in [0.3, 0.4) is 0 Å². The van der Waals surface area contributed by atoms with E-state index < -0.39 is 0 Å². The maximum atomic E-state index is 5.68. The van der Waals surface area contributed by atoms with Crippen molar-refractivity contribution in [3.8, 4) is 0 Å². The molecule has 12 heavy (non-hydrogen) atoms. The Morgan fingerprint density at radius 3 is 3.00 bits per heavy atom. The fourth-order valence-electron chi connectivity index (χ4n) is 1.00. The zero-order chi connectivity index (χ0) is 8.55. The Labute approximate surface area is 74.2 Å². The molecule has 0 radical (unpaired) electrons. The number of hydrogen-bond acceptors (Lipinski definition) is 3. The van der Waals surface area contributed by atoms with Crippen molar-refractivity contribution < 1.29 is 0 Å². The maximum absolute atomic E-state index is 5.68. The number of aromatic nitrogens is 2. The summed E-state index contributed by atoms with van der Waals surface area (Å²) in [4.78, 5) is 8.04. The summed E-state index contributed by atoms with van der Waals surface area (Å²) in [6.07, 6.45) is 1.56. The fraction of sp³-hybridized carbons (Fsp3) is 0. The van der Waals surface area contributed by atoms with Crippen LogP contribution in [0.4, 0.5) is 5.69 Å². The van der Waals surface area contributed by atoms with Crippen LogP contribution in [0.2, 0.25) is 5.15 Å². The smallest absolute Gasteiger partial charge is 0.160 e. The highest BCUT2D eigenvalue weighted by Gasteiger charge is 1.96. The number of pyridine rings is 2. The summed E-state index contributed by atoms with van der Waals surface area (Å²) in [6, 6.07) is 5.37. The number of fused-ring (bicyclic) bond motifs is 1. The van der Waals surface area contributed by atoms with Crippen LogP contribution < -0.4 is 5.73 Å². The van der Waals surface area contributed by atoms with Crippen LogP contribution >= 0.6 is 11.6 Å². The SMILES string of the molecule is Nc1cnc2nc(Cl)ccc2c1. The number of halogens is 1. The van der Waals surface area contributed by atoms with Crippen molar-refractivity contribution in [1.82, 2.24) is 9.97 Å². The Bertz CT molecular complexity index is 386. The number of anilines is 1. The number of nitrogens with two attached hydrogens (primary N) is 1. The van der Waals surface area contributed by atoms with Crippen LogP contribution in [0.25, 0.3) is 11.0 Å². The first-order valence-corrected chi connectivity index (χ1v) is 3.81. The van der Waals surface area contributed by atoms with Crippen LogP contribution in [0, 0.1) is 0 Å². The van der Waals surface area contributed by atoms with Crippen molar-refractivity contribution in [2.45, 2.75) is 0 Å². The van der Waals surface area contributed by atoms with Crippen LogP contribution in [0.1, 0.15) is 0 Å². The molecule has 4 heteroatoms. The van der Waals surface area contributed by atoms with Gasteiger partial charge >= 0.3 is 0 Å². The third-order valence-electron chi connectivity index (χ3n) is 1.53. The van der Waals surface area contributed by atoms with Crippen molar-refractivity contribution in [2.24, 2.45) is 0 Å². The zero-order valence-corrected chi connectivity index (χ0v) is 6.92. The van der Waals surface area contributed by atoms with Crippen molar-refractivity contribution in [1.29, 1.82) is 0 Å². The quantitative estimate of drug-likeness (QED) is 0.628. The summed E-state index contributed by atoms with van der Waals surface area (Å²) in [5.74, 6) is 0. The van der Waals surface area contributed by atoms with Gasteiger partial charge in [-0.1, -0.05) is 11.6 Å². The van der Waals surface area contributed by atoms with E-state index in [0.29, 0.717) is 16.5 Å². The summed E-state index contributed by atoms with van der Waals surface area (Å²) >= 11 is 5.68.